The van der Waals surface area contributed by atoms with Crippen LogP contribution in [-0.4, -0.2) is 13.7 Å². The Hall–Kier alpha value is -1.96. The van der Waals surface area contributed by atoms with E-state index in [4.69, 9.17) is 4.74 Å². The van der Waals surface area contributed by atoms with Crippen molar-refractivity contribution in [1.29, 1.82) is 0 Å². The van der Waals surface area contributed by atoms with Crippen LogP contribution in [0, 0.1) is 0 Å². The van der Waals surface area contributed by atoms with Crippen molar-refractivity contribution in [3.63, 3.8) is 0 Å². The van der Waals surface area contributed by atoms with Crippen molar-refractivity contribution in [2.75, 3.05) is 18.6 Å². The topological polar surface area (TPSA) is 12.5 Å². The van der Waals surface area contributed by atoms with Gasteiger partial charge in [0.1, 0.15) is 5.75 Å². The van der Waals surface area contributed by atoms with Gasteiger partial charge in [-0.05, 0) is 30.7 Å². The fourth-order valence-electron chi connectivity index (χ4n) is 3.55. The Balaban J connectivity index is 1.78. The number of rotatable bonds is 14. The number of nitrogens with zero attached hydrogens (tertiary/aromatic N) is 1. The molecule has 0 spiro atoms. The van der Waals surface area contributed by atoms with Crippen LogP contribution in [0.4, 0.5) is 11.4 Å². The van der Waals surface area contributed by atoms with Crippen molar-refractivity contribution < 1.29 is 4.74 Å². The lowest BCUT2D eigenvalue weighted by Gasteiger charge is -2.25. The molecular weight excluding hydrogens is 330 g/mol. The summed E-state index contributed by atoms with van der Waals surface area (Å²) in [7, 11) is 1.73. The van der Waals surface area contributed by atoms with Gasteiger partial charge >= 0.3 is 0 Å². The van der Waals surface area contributed by atoms with Gasteiger partial charge in [0.2, 0.25) is 0 Å². The summed E-state index contributed by atoms with van der Waals surface area (Å²) in [4.78, 5) is 2.41. The third-order valence-electron chi connectivity index (χ3n) is 5.17. The number of benzene rings is 2. The Morgan fingerprint density at radius 1 is 0.667 bits per heavy atom. The Labute approximate surface area is 166 Å². The Morgan fingerprint density at radius 2 is 1.26 bits per heavy atom. The lowest BCUT2D eigenvalue weighted by molar-refractivity contribution is 0.415. The Morgan fingerprint density at radius 3 is 1.89 bits per heavy atom. The number of ether oxygens (including phenoxy) is 1. The maximum absolute atomic E-state index is 5.42. The summed E-state index contributed by atoms with van der Waals surface area (Å²) in [6.45, 7) is 3.33. The molecule has 0 aliphatic heterocycles. The van der Waals surface area contributed by atoms with Crippen LogP contribution >= 0.6 is 0 Å². The van der Waals surface area contributed by atoms with E-state index in [1.54, 1.807) is 7.11 Å². The number of hydrogen-bond donors (Lipinski definition) is 0. The molecule has 0 aliphatic carbocycles. The molecule has 0 radical (unpaired) electrons. The molecule has 0 saturated carbocycles. The molecule has 0 amide bonds. The van der Waals surface area contributed by atoms with Crippen molar-refractivity contribution in [2.24, 2.45) is 0 Å². The first-order valence-electron chi connectivity index (χ1n) is 10.8. The van der Waals surface area contributed by atoms with E-state index >= 15 is 0 Å². The van der Waals surface area contributed by atoms with Gasteiger partial charge in [-0.2, -0.15) is 0 Å². The van der Waals surface area contributed by atoms with Crippen LogP contribution in [-0.2, 0) is 0 Å². The lowest BCUT2D eigenvalue weighted by atomic mass is 10.1. The average molecular weight is 368 g/mol. The minimum Gasteiger partial charge on any atom is -0.497 e. The number of para-hydroxylation sites is 1. The highest BCUT2D eigenvalue weighted by atomic mass is 16.5. The zero-order valence-electron chi connectivity index (χ0n) is 17.3. The van der Waals surface area contributed by atoms with Crippen LogP contribution in [0.1, 0.15) is 71.1 Å². The largest absolute Gasteiger partial charge is 0.497 e. The minimum absolute atomic E-state index is 0.913. The predicted octanol–water partition coefficient (Wildman–Crippen LogP) is 7.75. The quantitative estimate of drug-likeness (QED) is 0.316. The molecule has 0 fully saturated rings. The Kier molecular flexibility index (Phi) is 10.5. The van der Waals surface area contributed by atoms with Gasteiger partial charge in [0, 0.05) is 24.0 Å². The Bertz CT molecular complexity index is 611. The SMILES string of the molecule is CCCCCCCCCCCCN(c1ccccc1)c1cccc(OC)c1. The van der Waals surface area contributed by atoms with E-state index in [2.05, 4.69) is 60.4 Å². The van der Waals surface area contributed by atoms with Gasteiger partial charge in [-0.3, -0.25) is 0 Å². The third-order valence-corrected chi connectivity index (χ3v) is 5.17. The lowest BCUT2D eigenvalue weighted by Crippen LogP contribution is -2.18. The first-order valence-corrected chi connectivity index (χ1v) is 10.8. The normalized spacial score (nSPS) is 10.7. The summed E-state index contributed by atoms with van der Waals surface area (Å²) in [5.74, 6) is 0.913. The molecule has 148 valence electrons. The average Bonchev–Trinajstić information content (AvgIpc) is 2.73. The van der Waals surface area contributed by atoms with Crippen LogP contribution in [0.15, 0.2) is 54.6 Å². The third kappa shape index (κ3) is 8.07. The maximum Gasteiger partial charge on any atom is 0.120 e. The fraction of sp³-hybridized carbons (Fsp3) is 0.520. The van der Waals surface area contributed by atoms with Gasteiger partial charge in [0.05, 0.1) is 7.11 Å². The first kappa shape index (κ1) is 21.3. The van der Waals surface area contributed by atoms with E-state index in [9.17, 15) is 0 Å². The van der Waals surface area contributed by atoms with E-state index in [1.807, 2.05) is 6.07 Å². The van der Waals surface area contributed by atoms with Gasteiger partial charge in [-0.15, -0.1) is 0 Å². The van der Waals surface area contributed by atoms with Gasteiger partial charge < -0.3 is 9.64 Å². The highest BCUT2D eigenvalue weighted by Gasteiger charge is 2.09. The molecule has 2 aromatic rings. The van der Waals surface area contributed by atoms with Crippen molar-refractivity contribution in [2.45, 2.75) is 71.1 Å². The highest BCUT2D eigenvalue weighted by molar-refractivity contribution is 5.64. The summed E-state index contributed by atoms with van der Waals surface area (Å²) >= 11 is 0. The summed E-state index contributed by atoms with van der Waals surface area (Å²) in [6, 6.07) is 19.1. The zero-order chi connectivity index (χ0) is 19.2. The molecule has 0 atom stereocenters. The molecule has 2 heteroatoms. The van der Waals surface area contributed by atoms with Crippen LogP contribution in [0.5, 0.6) is 5.75 Å². The van der Waals surface area contributed by atoms with Crippen LogP contribution in [0.2, 0.25) is 0 Å². The van der Waals surface area contributed by atoms with Crippen molar-refractivity contribution >= 4 is 11.4 Å². The predicted molar refractivity (Wildman–Crippen MR) is 118 cm³/mol. The summed E-state index contributed by atoms with van der Waals surface area (Å²) < 4.78 is 5.42. The van der Waals surface area contributed by atoms with Crippen molar-refractivity contribution in [3.8, 4) is 5.75 Å². The number of hydrogen-bond acceptors (Lipinski definition) is 2. The molecule has 0 aliphatic rings. The van der Waals surface area contributed by atoms with Crippen molar-refractivity contribution in [1.82, 2.24) is 0 Å². The maximum atomic E-state index is 5.42. The van der Waals surface area contributed by atoms with Gasteiger partial charge in [0.15, 0.2) is 0 Å². The highest BCUT2D eigenvalue weighted by Crippen LogP contribution is 2.28. The first-order chi connectivity index (χ1) is 13.3. The van der Waals surface area contributed by atoms with Crippen molar-refractivity contribution in [3.05, 3.63) is 54.6 Å². The second kappa shape index (κ2) is 13.2. The van der Waals surface area contributed by atoms with E-state index in [-0.39, 0.29) is 0 Å². The fourth-order valence-corrected chi connectivity index (χ4v) is 3.55. The minimum atomic E-state index is 0.913. The second-order valence-corrected chi connectivity index (χ2v) is 7.37. The van der Waals surface area contributed by atoms with Crippen LogP contribution in [0.3, 0.4) is 0 Å². The molecule has 27 heavy (non-hydrogen) atoms. The summed E-state index contributed by atoms with van der Waals surface area (Å²) in [5, 5.41) is 0. The monoisotopic (exact) mass is 367 g/mol. The molecule has 2 rings (SSSR count). The van der Waals surface area contributed by atoms with E-state index in [0.717, 1.165) is 12.3 Å². The number of methoxy groups -OCH3 is 1. The smallest absolute Gasteiger partial charge is 0.120 e. The van der Waals surface area contributed by atoms with Crippen LogP contribution < -0.4 is 9.64 Å². The molecule has 0 bridgehead atoms. The number of unbranched alkanes of at least 4 members (excludes halogenated alkanes) is 9. The van der Waals surface area contributed by atoms with E-state index in [0.29, 0.717) is 0 Å². The second-order valence-electron chi connectivity index (χ2n) is 7.37. The standard InChI is InChI=1S/C25H37NO/c1-3-4-5-6-7-8-9-10-11-15-21-26(23-17-13-12-14-18-23)24-19-16-20-25(22-24)27-2/h12-14,16-20,22H,3-11,15,21H2,1-2H3. The number of anilines is 2. The summed E-state index contributed by atoms with van der Waals surface area (Å²) in [6.07, 6.45) is 13.7. The molecule has 0 saturated heterocycles. The van der Waals surface area contributed by atoms with Gasteiger partial charge in [0.25, 0.3) is 0 Å². The van der Waals surface area contributed by atoms with Gasteiger partial charge in [-0.25, -0.2) is 0 Å². The van der Waals surface area contributed by atoms with E-state index in [1.165, 1.54) is 75.6 Å². The molecule has 0 unspecified atom stereocenters. The molecule has 2 nitrogen and oxygen atoms in total. The molecule has 2 aromatic carbocycles. The molecule has 0 aromatic heterocycles. The molecular formula is C25H37NO. The van der Waals surface area contributed by atoms with Crippen LogP contribution in [0.25, 0.3) is 0 Å². The summed E-state index contributed by atoms with van der Waals surface area (Å²) in [5.41, 5.74) is 2.46. The molecule has 0 N–H and O–H groups in total. The van der Waals surface area contributed by atoms with Gasteiger partial charge in [-0.1, -0.05) is 89.0 Å². The zero-order valence-corrected chi connectivity index (χ0v) is 17.3. The molecule has 0 heterocycles. The van der Waals surface area contributed by atoms with E-state index < -0.39 is 0 Å².